The van der Waals surface area contributed by atoms with Crippen LogP contribution in [0.15, 0.2) is 78.3 Å². The Balaban J connectivity index is 0.000000297. The number of aromatic nitrogens is 3. The molecular weight excluding hydrogens is 755 g/mol. The third-order valence-corrected chi connectivity index (χ3v) is 9.09. The van der Waals surface area contributed by atoms with Crippen LogP contribution in [0.3, 0.4) is 0 Å². The normalized spacial score (nSPS) is 11.9. The van der Waals surface area contributed by atoms with Crippen LogP contribution in [0.4, 0.5) is 0 Å². The molecule has 0 aliphatic heterocycles. The maximum absolute atomic E-state index is 11.7. The van der Waals surface area contributed by atoms with Crippen molar-refractivity contribution in [3.8, 4) is 22.6 Å². The van der Waals surface area contributed by atoms with Crippen molar-refractivity contribution in [2.75, 3.05) is 0 Å². The van der Waals surface area contributed by atoms with E-state index in [1.165, 1.54) is 21.7 Å². The van der Waals surface area contributed by atoms with Crippen molar-refractivity contribution in [2.24, 2.45) is 11.8 Å². The fourth-order valence-corrected chi connectivity index (χ4v) is 6.21. The minimum absolute atomic E-state index is 0. The van der Waals surface area contributed by atoms with Crippen molar-refractivity contribution < 1.29 is 30.0 Å². The molecule has 0 fully saturated rings. The molecule has 3 heterocycles. The standard InChI is InChI=1S/C25H20N3S.C13H24O2.Ir/c1-25(2,3)20-11-18(10-16-6-4-5-7-19(16)20)21-12-22(28-15-27-21)23-13-24-17(14-26-23)8-9-29-24;1-5-10(6-2)12(14)9-13(15)11(7-3)8-4;/h4-9,11-15H,1-3H3;9-11,14H,5-8H2,1-4H3;/q-1;;/b;12-9-;. The first kappa shape index (κ1) is 36.2. The van der Waals surface area contributed by atoms with Crippen LogP contribution in [0, 0.1) is 17.9 Å². The predicted molar refractivity (Wildman–Crippen MR) is 185 cm³/mol. The third-order valence-electron chi connectivity index (χ3n) is 8.21. The first-order valence-electron chi connectivity index (χ1n) is 15.6. The first-order valence-corrected chi connectivity index (χ1v) is 16.5. The second-order valence-corrected chi connectivity index (χ2v) is 13.2. The fourth-order valence-electron chi connectivity index (χ4n) is 5.41. The van der Waals surface area contributed by atoms with E-state index in [0.717, 1.165) is 59.1 Å². The number of carbonyl (C=O) groups excluding carboxylic acids is 1. The molecule has 0 saturated heterocycles. The zero-order chi connectivity index (χ0) is 31.9. The van der Waals surface area contributed by atoms with E-state index in [1.54, 1.807) is 17.7 Å². The summed E-state index contributed by atoms with van der Waals surface area (Å²) in [7, 11) is 0. The van der Waals surface area contributed by atoms with Gasteiger partial charge in [-0.3, -0.25) is 14.8 Å². The minimum atomic E-state index is 0. The van der Waals surface area contributed by atoms with Gasteiger partial charge < -0.3 is 5.11 Å². The van der Waals surface area contributed by atoms with Crippen LogP contribution >= 0.6 is 11.3 Å². The quantitative estimate of drug-likeness (QED) is 0.0913. The van der Waals surface area contributed by atoms with Gasteiger partial charge in [-0.1, -0.05) is 77.6 Å². The molecule has 1 N–H and O–H groups in total. The van der Waals surface area contributed by atoms with Gasteiger partial charge in [0.15, 0.2) is 5.78 Å². The third kappa shape index (κ3) is 8.94. The molecule has 0 spiro atoms. The van der Waals surface area contributed by atoms with E-state index in [-0.39, 0.29) is 48.9 Å². The van der Waals surface area contributed by atoms with Crippen LogP contribution < -0.4 is 0 Å². The second-order valence-electron chi connectivity index (χ2n) is 12.2. The number of aliphatic hydroxyl groups excluding tert-OH is 1. The molecule has 3 aromatic heterocycles. The topological polar surface area (TPSA) is 76.0 Å². The molecule has 5 aromatic rings. The van der Waals surface area contributed by atoms with Gasteiger partial charge in [-0.25, -0.2) is 4.98 Å². The molecule has 45 heavy (non-hydrogen) atoms. The number of hydrogen-bond donors (Lipinski definition) is 1. The zero-order valence-electron chi connectivity index (χ0n) is 27.4. The predicted octanol–water partition coefficient (Wildman–Crippen LogP) is 10.5. The molecule has 0 aliphatic rings. The van der Waals surface area contributed by atoms with Crippen molar-refractivity contribution in [1.82, 2.24) is 15.0 Å². The SMILES string of the molecule is CC(C)(C)c1cc(-c2cc(-c3cc4sccc4cn3)ncn2)[c-]c2ccccc12.CCC(CC)C(=O)/C=C(\O)C(CC)CC.[Ir]. The maximum atomic E-state index is 11.7. The Kier molecular flexibility index (Phi) is 13.2. The number of benzene rings is 2. The number of rotatable bonds is 9. The number of thiophene rings is 1. The van der Waals surface area contributed by atoms with E-state index >= 15 is 0 Å². The minimum Gasteiger partial charge on any atom is -0.512 e. The fraction of sp³-hybridized carbons (Fsp3) is 0.368. The number of fused-ring (bicyclic) bond motifs is 2. The number of ketones is 1. The van der Waals surface area contributed by atoms with Gasteiger partial charge in [0, 0.05) is 60.0 Å². The molecule has 2 aromatic carbocycles. The van der Waals surface area contributed by atoms with Gasteiger partial charge in [0.05, 0.1) is 17.1 Å². The van der Waals surface area contributed by atoms with Gasteiger partial charge in [-0.15, -0.1) is 40.5 Å². The summed E-state index contributed by atoms with van der Waals surface area (Å²) in [5.74, 6) is 0.547. The number of nitrogens with zero attached hydrogens (tertiary/aromatic N) is 3. The van der Waals surface area contributed by atoms with Crippen LogP contribution in [0.1, 0.15) is 79.7 Å². The first-order chi connectivity index (χ1) is 21.1. The Morgan fingerprint density at radius 2 is 1.53 bits per heavy atom. The van der Waals surface area contributed by atoms with Gasteiger partial charge in [-0.05, 0) is 54.7 Å². The molecule has 0 amide bonds. The second kappa shape index (κ2) is 16.4. The summed E-state index contributed by atoms with van der Waals surface area (Å²) in [6.45, 7) is 14.8. The summed E-state index contributed by atoms with van der Waals surface area (Å²) in [5.41, 5.74) is 4.84. The van der Waals surface area contributed by atoms with Crippen molar-refractivity contribution in [3.05, 3.63) is 89.9 Å². The smallest absolute Gasteiger partial charge is 0.162 e. The van der Waals surface area contributed by atoms with E-state index in [4.69, 9.17) is 0 Å². The maximum Gasteiger partial charge on any atom is 0.162 e. The van der Waals surface area contributed by atoms with Crippen molar-refractivity contribution in [1.29, 1.82) is 0 Å². The molecule has 0 saturated carbocycles. The van der Waals surface area contributed by atoms with Gasteiger partial charge in [0.25, 0.3) is 0 Å². The van der Waals surface area contributed by atoms with E-state index < -0.39 is 0 Å². The molecule has 1 radical (unpaired) electrons. The Morgan fingerprint density at radius 3 is 2.20 bits per heavy atom. The number of pyridine rings is 1. The van der Waals surface area contributed by atoms with E-state index in [9.17, 15) is 9.90 Å². The van der Waals surface area contributed by atoms with Crippen LogP contribution in [0.25, 0.3) is 43.5 Å². The van der Waals surface area contributed by atoms with Crippen LogP contribution in [0.5, 0.6) is 0 Å². The molecule has 239 valence electrons. The van der Waals surface area contributed by atoms with Crippen molar-refractivity contribution in [3.63, 3.8) is 0 Å². The Morgan fingerprint density at radius 1 is 0.889 bits per heavy atom. The molecule has 0 atom stereocenters. The van der Waals surface area contributed by atoms with Crippen LogP contribution in [-0.2, 0) is 30.3 Å². The number of hydrogen-bond acceptors (Lipinski definition) is 6. The van der Waals surface area contributed by atoms with Gasteiger partial charge in [0.1, 0.15) is 6.33 Å². The molecule has 5 nitrogen and oxygen atoms in total. The summed E-state index contributed by atoms with van der Waals surface area (Å²) >= 11 is 1.71. The summed E-state index contributed by atoms with van der Waals surface area (Å²) in [5, 5.41) is 15.3. The Bertz CT molecular complexity index is 1750. The Hall–Kier alpha value is -3.25. The number of carbonyl (C=O) groups is 1. The van der Waals surface area contributed by atoms with Crippen LogP contribution in [-0.4, -0.2) is 25.8 Å². The van der Waals surface area contributed by atoms with E-state index in [2.05, 4.69) is 89.6 Å². The summed E-state index contributed by atoms with van der Waals surface area (Å²) in [4.78, 5) is 25.3. The molecule has 5 rings (SSSR count). The van der Waals surface area contributed by atoms with Gasteiger partial charge >= 0.3 is 0 Å². The average molecular weight is 799 g/mol. The van der Waals surface area contributed by atoms with Gasteiger partial charge in [-0.2, -0.15) is 0 Å². The Labute approximate surface area is 285 Å². The summed E-state index contributed by atoms with van der Waals surface area (Å²) in [6, 6.07) is 20.4. The largest absolute Gasteiger partial charge is 0.512 e. The molecule has 0 aliphatic carbocycles. The molecule has 0 bridgehead atoms. The van der Waals surface area contributed by atoms with Gasteiger partial charge in [0.2, 0.25) is 0 Å². The summed E-state index contributed by atoms with van der Waals surface area (Å²) in [6.07, 6.45) is 8.43. The monoisotopic (exact) mass is 799 g/mol. The number of aliphatic hydroxyl groups is 1. The number of allylic oxidation sites excluding steroid dienone is 2. The van der Waals surface area contributed by atoms with Crippen molar-refractivity contribution in [2.45, 2.75) is 79.6 Å². The van der Waals surface area contributed by atoms with E-state index in [1.807, 2.05) is 40.0 Å². The van der Waals surface area contributed by atoms with E-state index in [0.29, 0.717) is 0 Å². The molecular formula is C38H44IrN3O2S-. The molecule has 0 unspecified atom stereocenters. The average Bonchev–Trinajstić information content (AvgIpc) is 3.50. The summed E-state index contributed by atoms with van der Waals surface area (Å²) < 4.78 is 1.21. The van der Waals surface area contributed by atoms with Crippen LogP contribution in [0.2, 0.25) is 0 Å². The van der Waals surface area contributed by atoms with Crippen molar-refractivity contribution >= 4 is 38.0 Å². The zero-order valence-corrected chi connectivity index (χ0v) is 30.6. The molecule has 7 heteroatoms.